The van der Waals surface area contributed by atoms with E-state index in [2.05, 4.69) is 24.2 Å². The van der Waals surface area contributed by atoms with E-state index in [9.17, 15) is 0 Å². The third-order valence-electron chi connectivity index (χ3n) is 3.55. The van der Waals surface area contributed by atoms with Crippen molar-refractivity contribution in [2.45, 2.75) is 46.1 Å². The number of rotatable bonds is 6. The maximum Gasteiger partial charge on any atom is 0.125 e. The van der Waals surface area contributed by atoms with Gasteiger partial charge < -0.3 is 4.74 Å². The number of aryl methyl sites for hydroxylation is 3. The molecule has 5 heteroatoms. The van der Waals surface area contributed by atoms with Crippen molar-refractivity contribution in [1.29, 1.82) is 0 Å². The summed E-state index contributed by atoms with van der Waals surface area (Å²) in [7, 11) is 1.71. The molecule has 21 heavy (non-hydrogen) atoms. The summed E-state index contributed by atoms with van der Waals surface area (Å²) in [6.07, 6.45) is 3.65. The fourth-order valence-corrected chi connectivity index (χ4v) is 2.66. The van der Waals surface area contributed by atoms with Gasteiger partial charge >= 0.3 is 0 Å². The summed E-state index contributed by atoms with van der Waals surface area (Å²) in [4.78, 5) is 0. The zero-order valence-corrected chi connectivity index (χ0v) is 13.8. The minimum absolute atomic E-state index is 0.373. The maximum absolute atomic E-state index is 6.24. The van der Waals surface area contributed by atoms with Gasteiger partial charge in [-0.05, 0) is 48.9 Å². The predicted molar refractivity (Wildman–Crippen MR) is 85.2 cm³/mol. The zero-order chi connectivity index (χ0) is 15.4. The molecule has 2 rings (SSSR count). The van der Waals surface area contributed by atoms with Crippen LogP contribution in [0.3, 0.4) is 0 Å². The molecule has 114 valence electrons. The monoisotopic (exact) mass is 307 g/mol. The van der Waals surface area contributed by atoms with E-state index in [0.29, 0.717) is 5.92 Å². The summed E-state index contributed by atoms with van der Waals surface area (Å²) in [5.41, 5.74) is 3.27. The second kappa shape index (κ2) is 6.94. The molecule has 0 aliphatic rings. The Kier molecular flexibility index (Phi) is 5.23. The molecule has 4 nitrogen and oxygen atoms in total. The molecular formula is C16H22ClN3O. The average molecular weight is 308 g/mol. The molecular weight excluding hydrogens is 286 g/mol. The Morgan fingerprint density at radius 2 is 2.05 bits per heavy atom. The van der Waals surface area contributed by atoms with Crippen LogP contribution in [0.2, 0.25) is 5.02 Å². The minimum Gasteiger partial charge on any atom is -0.496 e. The molecule has 0 unspecified atom stereocenters. The molecule has 0 fully saturated rings. The van der Waals surface area contributed by atoms with Crippen LogP contribution in [-0.4, -0.2) is 22.1 Å². The third-order valence-corrected chi connectivity index (χ3v) is 3.76. The Hall–Kier alpha value is -1.55. The van der Waals surface area contributed by atoms with Gasteiger partial charge in [0, 0.05) is 17.8 Å². The van der Waals surface area contributed by atoms with E-state index >= 15 is 0 Å². The Morgan fingerprint density at radius 3 is 2.62 bits per heavy atom. The molecule has 1 heterocycles. The Labute approximate surface area is 131 Å². The van der Waals surface area contributed by atoms with E-state index < -0.39 is 0 Å². The summed E-state index contributed by atoms with van der Waals surface area (Å²) in [6, 6.07) is 3.97. The van der Waals surface area contributed by atoms with E-state index in [4.69, 9.17) is 16.3 Å². The van der Waals surface area contributed by atoms with Crippen LogP contribution < -0.4 is 4.74 Å². The molecule has 0 spiro atoms. The fraction of sp³-hybridized carbons (Fsp3) is 0.500. The SMILES string of the molecule is CCn1cc(CCc2cc(Cl)cc(C(C)C)c2OC)nn1. The number of halogens is 1. The van der Waals surface area contributed by atoms with Crippen LogP contribution in [0.4, 0.5) is 0 Å². The van der Waals surface area contributed by atoms with Gasteiger partial charge in [-0.2, -0.15) is 0 Å². The Bertz CT molecular complexity index is 608. The quantitative estimate of drug-likeness (QED) is 0.813. The van der Waals surface area contributed by atoms with Crippen molar-refractivity contribution >= 4 is 11.6 Å². The van der Waals surface area contributed by atoms with Gasteiger partial charge in [-0.15, -0.1) is 5.10 Å². The van der Waals surface area contributed by atoms with Crippen molar-refractivity contribution in [3.63, 3.8) is 0 Å². The van der Waals surface area contributed by atoms with Crippen molar-refractivity contribution in [3.05, 3.63) is 40.2 Å². The van der Waals surface area contributed by atoms with E-state index in [1.54, 1.807) is 7.11 Å². The first kappa shape index (κ1) is 15.8. The normalized spacial score (nSPS) is 11.1. The molecule has 0 saturated heterocycles. The second-order valence-electron chi connectivity index (χ2n) is 5.41. The van der Waals surface area contributed by atoms with Gasteiger partial charge in [-0.25, -0.2) is 0 Å². The molecule has 0 radical (unpaired) electrons. The lowest BCUT2D eigenvalue weighted by Gasteiger charge is -2.16. The van der Waals surface area contributed by atoms with Crippen molar-refractivity contribution in [2.75, 3.05) is 7.11 Å². The van der Waals surface area contributed by atoms with E-state index in [1.807, 2.05) is 29.9 Å². The number of aromatic nitrogens is 3. The highest BCUT2D eigenvalue weighted by molar-refractivity contribution is 6.30. The standard InChI is InChI=1S/C16H22ClN3O/c1-5-20-10-14(18-19-20)7-6-12-8-13(17)9-15(11(2)3)16(12)21-4/h8-11H,5-7H2,1-4H3. The first-order valence-corrected chi connectivity index (χ1v) is 7.68. The first-order chi connectivity index (χ1) is 10.0. The largest absolute Gasteiger partial charge is 0.496 e. The summed E-state index contributed by atoms with van der Waals surface area (Å²) >= 11 is 6.24. The number of nitrogens with zero attached hydrogens (tertiary/aromatic N) is 3. The van der Waals surface area contributed by atoms with Crippen molar-refractivity contribution in [3.8, 4) is 5.75 Å². The highest BCUT2D eigenvalue weighted by atomic mass is 35.5. The number of hydrogen-bond donors (Lipinski definition) is 0. The predicted octanol–water partition coefficient (Wildman–Crippen LogP) is 3.87. The van der Waals surface area contributed by atoms with Gasteiger partial charge in [-0.1, -0.05) is 30.7 Å². The van der Waals surface area contributed by atoms with Gasteiger partial charge in [0.05, 0.1) is 12.8 Å². The summed E-state index contributed by atoms with van der Waals surface area (Å²) in [6.45, 7) is 7.17. The Balaban J connectivity index is 2.22. The van der Waals surface area contributed by atoms with Crippen molar-refractivity contribution in [2.24, 2.45) is 0 Å². The molecule has 0 N–H and O–H groups in total. The summed E-state index contributed by atoms with van der Waals surface area (Å²) in [5, 5.41) is 9.00. The van der Waals surface area contributed by atoms with Gasteiger partial charge in [0.25, 0.3) is 0 Å². The van der Waals surface area contributed by atoms with E-state index in [1.165, 1.54) is 0 Å². The van der Waals surface area contributed by atoms with E-state index in [0.717, 1.165) is 47.0 Å². The second-order valence-corrected chi connectivity index (χ2v) is 5.84. The summed E-state index contributed by atoms with van der Waals surface area (Å²) in [5.74, 6) is 1.32. The number of hydrogen-bond acceptors (Lipinski definition) is 3. The van der Waals surface area contributed by atoms with Crippen LogP contribution >= 0.6 is 11.6 Å². The molecule has 1 aromatic carbocycles. The zero-order valence-electron chi connectivity index (χ0n) is 13.1. The molecule has 0 saturated carbocycles. The molecule has 0 aliphatic carbocycles. The number of benzene rings is 1. The highest BCUT2D eigenvalue weighted by Crippen LogP contribution is 2.33. The van der Waals surface area contributed by atoms with Gasteiger partial charge in [0.1, 0.15) is 5.75 Å². The molecule has 2 aromatic rings. The smallest absolute Gasteiger partial charge is 0.125 e. The minimum atomic E-state index is 0.373. The van der Waals surface area contributed by atoms with Crippen LogP contribution in [0.5, 0.6) is 5.75 Å². The highest BCUT2D eigenvalue weighted by Gasteiger charge is 2.14. The van der Waals surface area contributed by atoms with E-state index in [-0.39, 0.29) is 0 Å². The first-order valence-electron chi connectivity index (χ1n) is 7.30. The van der Waals surface area contributed by atoms with Gasteiger partial charge in [-0.3, -0.25) is 4.68 Å². The number of methoxy groups -OCH3 is 1. The number of ether oxygens (including phenoxy) is 1. The lowest BCUT2D eigenvalue weighted by atomic mass is 9.96. The van der Waals surface area contributed by atoms with Crippen LogP contribution in [-0.2, 0) is 19.4 Å². The molecule has 0 aliphatic heterocycles. The molecule has 1 aromatic heterocycles. The third kappa shape index (κ3) is 3.76. The summed E-state index contributed by atoms with van der Waals surface area (Å²) < 4.78 is 7.45. The van der Waals surface area contributed by atoms with Crippen molar-refractivity contribution in [1.82, 2.24) is 15.0 Å². The van der Waals surface area contributed by atoms with Crippen LogP contribution in [0, 0.1) is 0 Å². The van der Waals surface area contributed by atoms with Gasteiger partial charge in [0.15, 0.2) is 0 Å². The van der Waals surface area contributed by atoms with Crippen LogP contribution in [0.15, 0.2) is 18.3 Å². The molecule has 0 bridgehead atoms. The van der Waals surface area contributed by atoms with Crippen LogP contribution in [0.1, 0.15) is 43.5 Å². The molecule has 0 atom stereocenters. The topological polar surface area (TPSA) is 39.9 Å². The van der Waals surface area contributed by atoms with Crippen LogP contribution in [0.25, 0.3) is 0 Å². The lowest BCUT2D eigenvalue weighted by Crippen LogP contribution is -2.01. The lowest BCUT2D eigenvalue weighted by molar-refractivity contribution is 0.402. The Morgan fingerprint density at radius 1 is 1.29 bits per heavy atom. The molecule has 0 amide bonds. The fourth-order valence-electron chi connectivity index (χ4n) is 2.41. The average Bonchev–Trinajstić information content (AvgIpc) is 2.92. The maximum atomic E-state index is 6.24. The van der Waals surface area contributed by atoms with Gasteiger partial charge in [0.2, 0.25) is 0 Å². The van der Waals surface area contributed by atoms with Crippen molar-refractivity contribution < 1.29 is 4.74 Å².